The van der Waals surface area contributed by atoms with E-state index in [4.69, 9.17) is 9.26 Å². The minimum Gasteiger partial charge on any atom is -0.383 e. The van der Waals surface area contributed by atoms with Gasteiger partial charge in [-0.1, -0.05) is 35.5 Å². The van der Waals surface area contributed by atoms with Crippen molar-refractivity contribution >= 4 is 11.8 Å². The Bertz CT molecular complexity index is 1050. The second-order valence-corrected chi connectivity index (χ2v) is 7.19. The van der Waals surface area contributed by atoms with E-state index in [-0.39, 0.29) is 18.2 Å². The molecule has 3 heterocycles. The molecule has 4 rings (SSSR count). The molecule has 2 aromatic heterocycles. The number of hydrogen-bond donors (Lipinski definition) is 1. The first-order valence-corrected chi connectivity index (χ1v) is 10.1. The van der Waals surface area contributed by atoms with E-state index in [1.165, 1.54) is 0 Å². The molecule has 1 N–H and O–H groups in total. The number of aryl methyl sites for hydroxylation is 1. The molecule has 0 spiro atoms. The van der Waals surface area contributed by atoms with Crippen LogP contribution in [0.2, 0.25) is 0 Å². The van der Waals surface area contributed by atoms with Crippen LogP contribution in [0.25, 0.3) is 11.4 Å². The Kier molecular flexibility index (Phi) is 6.37. The van der Waals surface area contributed by atoms with Crippen LogP contribution in [0.1, 0.15) is 28.5 Å². The van der Waals surface area contributed by atoms with Crippen LogP contribution in [0.4, 0.5) is 0 Å². The quantitative estimate of drug-likeness (QED) is 0.542. The molecule has 2 amide bonds. The first kappa shape index (κ1) is 20.7. The van der Waals surface area contributed by atoms with Crippen LogP contribution in [0.15, 0.2) is 40.9 Å². The van der Waals surface area contributed by atoms with E-state index in [0.717, 1.165) is 11.3 Å². The fraction of sp³-hybridized carbons (Fsp3) is 0.381. The molecule has 162 valence electrons. The van der Waals surface area contributed by atoms with E-state index in [1.807, 2.05) is 30.3 Å². The summed E-state index contributed by atoms with van der Waals surface area (Å²) in [6.45, 7) is 2.36. The van der Waals surface area contributed by atoms with Gasteiger partial charge in [0.2, 0.25) is 17.6 Å². The first-order chi connectivity index (χ1) is 15.1. The zero-order chi connectivity index (χ0) is 21.6. The molecule has 0 aliphatic carbocycles. The molecule has 0 atom stereocenters. The van der Waals surface area contributed by atoms with Gasteiger partial charge in [-0.25, -0.2) is 0 Å². The Morgan fingerprint density at radius 1 is 1.23 bits per heavy atom. The zero-order valence-electron chi connectivity index (χ0n) is 17.3. The van der Waals surface area contributed by atoms with Crippen LogP contribution in [0, 0.1) is 0 Å². The van der Waals surface area contributed by atoms with Gasteiger partial charge in [0.1, 0.15) is 0 Å². The Hall–Kier alpha value is -3.53. The lowest BCUT2D eigenvalue weighted by Gasteiger charge is -2.27. The third-order valence-corrected chi connectivity index (χ3v) is 5.03. The van der Waals surface area contributed by atoms with E-state index >= 15 is 0 Å². The fourth-order valence-electron chi connectivity index (χ4n) is 3.38. The number of ether oxygens (including phenoxy) is 1. The summed E-state index contributed by atoms with van der Waals surface area (Å²) in [5.74, 6) is 0.700. The van der Waals surface area contributed by atoms with Crippen molar-refractivity contribution < 1.29 is 18.8 Å². The van der Waals surface area contributed by atoms with Gasteiger partial charge in [0.15, 0.2) is 5.69 Å². The molecule has 0 fully saturated rings. The minimum absolute atomic E-state index is 0.00185. The van der Waals surface area contributed by atoms with Crippen molar-refractivity contribution in [2.45, 2.75) is 25.9 Å². The largest absolute Gasteiger partial charge is 0.383 e. The second kappa shape index (κ2) is 9.52. The van der Waals surface area contributed by atoms with Gasteiger partial charge in [0.25, 0.3) is 5.91 Å². The number of carbonyl (C=O) groups excluding carboxylic acids is 2. The predicted molar refractivity (Wildman–Crippen MR) is 110 cm³/mol. The average molecular weight is 424 g/mol. The van der Waals surface area contributed by atoms with E-state index in [9.17, 15) is 9.59 Å². The summed E-state index contributed by atoms with van der Waals surface area (Å²) in [7, 11) is 1.58. The Labute approximate surface area is 179 Å². The number of methoxy groups -OCH3 is 1. The molecule has 0 unspecified atom stereocenters. The molecular weight excluding hydrogens is 400 g/mol. The molecule has 0 radical (unpaired) electrons. The van der Waals surface area contributed by atoms with Gasteiger partial charge < -0.3 is 19.5 Å². The number of amides is 2. The maximum Gasteiger partial charge on any atom is 0.271 e. The van der Waals surface area contributed by atoms with Crippen molar-refractivity contribution in [2.24, 2.45) is 0 Å². The second-order valence-electron chi connectivity index (χ2n) is 7.19. The van der Waals surface area contributed by atoms with Crippen molar-refractivity contribution in [1.29, 1.82) is 0 Å². The number of nitrogens with zero attached hydrogens (tertiary/aromatic N) is 5. The van der Waals surface area contributed by atoms with E-state index < -0.39 is 0 Å². The predicted octanol–water partition coefficient (Wildman–Crippen LogP) is 1.28. The fourth-order valence-corrected chi connectivity index (χ4v) is 3.38. The molecule has 0 saturated heterocycles. The van der Waals surface area contributed by atoms with Crippen LogP contribution >= 0.6 is 0 Å². The molecule has 0 bridgehead atoms. The van der Waals surface area contributed by atoms with Gasteiger partial charge in [-0.2, -0.15) is 10.1 Å². The highest BCUT2D eigenvalue weighted by Gasteiger charge is 2.24. The van der Waals surface area contributed by atoms with Gasteiger partial charge in [-0.3, -0.25) is 14.3 Å². The summed E-state index contributed by atoms with van der Waals surface area (Å²) in [6, 6.07) is 11.3. The number of fused-ring (bicyclic) bond motifs is 1. The molecule has 10 heteroatoms. The van der Waals surface area contributed by atoms with Gasteiger partial charge in [0.05, 0.1) is 25.4 Å². The highest BCUT2D eigenvalue weighted by atomic mass is 16.5. The Balaban J connectivity index is 1.31. The van der Waals surface area contributed by atoms with Crippen LogP contribution in [0.5, 0.6) is 0 Å². The average Bonchev–Trinajstić information content (AvgIpc) is 3.45. The van der Waals surface area contributed by atoms with E-state index in [2.05, 4.69) is 20.6 Å². The van der Waals surface area contributed by atoms with Crippen molar-refractivity contribution in [3.05, 3.63) is 53.7 Å². The minimum atomic E-state index is -0.248. The highest BCUT2D eigenvalue weighted by molar-refractivity contribution is 5.92. The molecule has 31 heavy (non-hydrogen) atoms. The van der Waals surface area contributed by atoms with Crippen LogP contribution in [0.3, 0.4) is 0 Å². The number of benzene rings is 1. The Morgan fingerprint density at radius 3 is 2.87 bits per heavy atom. The van der Waals surface area contributed by atoms with Crippen LogP contribution in [-0.4, -0.2) is 63.4 Å². The third kappa shape index (κ3) is 4.97. The van der Waals surface area contributed by atoms with E-state index in [0.29, 0.717) is 56.6 Å². The molecule has 1 aromatic carbocycles. The summed E-state index contributed by atoms with van der Waals surface area (Å²) in [4.78, 5) is 31.0. The summed E-state index contributed by atoms with van der Waals surface area (Å²) in [5, 5.41) is 11.1. The monoisotopic (exact) mass is 424 g/mol. The lowest BCUT2D eigenvalue weighted by Crippen LogP contribution is -2.38. The summed E-state index contributed by atoms with van der Waals surface area (Å²) in [6.07, 6.45) is 0.649. The molecule has 0 saturated carbocycles. The van der Waals surface area contributed by atoms with E-state index in [1.54, 1.807) is 22.8 Å². The first-order valence-electron chi connectivity index (χ1n) is 10.1. The van der Waals surface area contributed by atoms with Crippen molar-refractivity contribution in [1.82, 2.24) is 30.1 Å². The summed E-state index contributed by atoms with van der Waals surface area (Å²) in [5.41, 5.74) is 2.05. The maximum atomic E-state index is 12.7. The number of aromatic nitrogens is 4. The summed E-state index contributed by atoms with van der Waals surface area (Å²) < 4.78 is 12.0. The van der Waals surface area contributed by atoms with Crippen LogP contribution < -0.4 is 5.32 Å². The lowest BCUT2D eigenvalue weighted by molar-refractivity contribution is -0.132. The molecule has 10 nitrogen and oxygen atoms in total. The van der Waals surface area contributed by atoms with Gasteiger partial charge in [-0.05, 0) is 6.07 Å². The molecule has 1 aliphatic heterocycles. The van der Waals surface area contributed by atoms with Gasteiger partial charge in [0, 0.05) is 38.6 Å². The zero-order valence-corrected chi connectivity index (χ0v) is 17.3. The van der Waals surface area contributed by atoms with Gasteiger partial charge >= 0.3 is 0 Å². The standard InChI is InChI=1S/C21H24N6O4/c1-30-12-9-22-21(29)17-13-16-14-26(10-11-27(16)24-17)19(28)8-7-18-23-20(25-31-18)15-5-3-2-4-6-15/h2-6,13H,7-12,14H2,1H3,(H,22,29). The number of rotatable bonds is 8. The number of carbonyl (C=O) groups is 2. The molecule has 3 aromatic rings. The van der Waals surface area contributed by atoms with Gasteiger partial charge in [-0.15, -0.1) is 0 Å². The molecular formula is C21H24N6O4. The smallest absolute Gasteiger partial charge is 0.271 e. The van der Waals surface area contributed by atoms with Crippen molar-refractivity contribution in [2.75, 3.05) is 26.8 Å². The van der Waals surface area contributed by atoms with Crippen LogP contribution in [-0.2, 0) is 29.0 Å². The maximum absolute atomic E-state index is 12.7. The number of nitrogens with one attached hydrogen (secondary N) is 1. The SMILES string of the molecule is COCCNC(=O)c1cc2n(n1)CCN(C(=O)CCc1nc(-c3ccccc3)no1)C2. The van der Waals surface area contributed by atoms with Crippen molar-refractivity contribution in [3.8, 4) is 11.4 Å². The Morgan fingerprint density at radius 2 is 2.06 bits per heavy atom. The third-order valence-electron chi connectivity index (χ3n) is 5.03. The highest BCUT2D eigenvalue weighted by Crippen LogP contribution is 2.17. The normalized spacial score (nSPS) is 13.1. The summed E-state index contributed by atoms with van der Waals surface area (Å²) >= 11 is 0. The van der Waals surface area contributed by atoms with Crippen molar-refractivity contribution in [3.63, 3.8) is 0 Å². The number of hydrogen-bond acceptors (Lipinski definition) is 7. The topological polar surface area (TPSA) is 115 Å². The lowest BCUT2D eigenvalue weighted by atomic mass is 10.2. The molecule has 1 aliphatic rings.